The summed E-state index contributed by atoms with van der Waals surface area (Å²) >= 11 is 0. The van der Waals surface area contributed by atoms with E-state index in [9.17, 15) is 0 Å². The summed E-state index contributed by atoms with van der Waals surface area (Å²) in [5.41, 5.74) is 26.3. The van der Waals surface area contributed by atoms with Crippen molar-refractivity contribution in [1.82, 2.24) is 0 Å². The molecule has 0 saturated heterocycles. The maximum absolute atomic E-state index is 2.51. The van der Waals surface area contributed by atoms with Crippen LogP contribution in [0.5, 0.6) is 0 Å². The maximum Gasteiger partial charge on any atom is 0.0755 e. The van der Waals surface area contributed by atoms with Crippen LogP contribution in [0.2, 0.25) is 0 Å². The van der Waals surface area contributed by atoms with Gasteiger partial charge in [-0.2, -0.15) is 0 Å². The molecule has 0 amide bonds. The van der Waals surface area contributed by atoms with Gasteiger partial charge in [0.2, 0.25) is 0 Å². The summed E-state index contributed by atoms with van der Waals surface area (Å²) in [4.78, 5) is 4.95. The largest absolute Gasteiger partial charge is 0.310 e. The second kappa shape index (κ2) is 16.3. The van der Waals surface area contributed by atoms with Gasteiger partial charge in [-0.25, -0.2) is 0 Å². The monoisotopic (exact) mass is 918 g/mol. The van der Waals surface area contributed by atoms with Crippen LogP contribution in [0.1, 0.15) is 47.2 Å². The molecule has 0 N–H and O–H groups in total. The molecule has 2 heteroatoms. The lowest BCUT2D eigenvalue weighted by Crippen LogP contribution is -2.36. The van der Waals surface area contributed by atoms with Gasteiger partial charge in [-0.05, 0) is 168 Å². The Morgan fingerprint density at radius 2 is 0.667 bits per heavy atom. The van der Waals surface area contributed by atoms with Gasteiger partial charge in [-0.15, -0.1) is 0 Å². The molecule has 1 aliphatic heterocycles. The molecule has 11 aromatic carbocycles. The Morgan fingerprint density at radius 1 is 0.278 bits per heavy atom. The van der Waals surface area contributed by atoms with E-state index >= 15 is 0 Å². The first-order valence-electron chi connectivity index (χ1n) is 25.2. The van der Waals surface area contributed by atoms with E-state index in [0.29, 0.717) is 0 Å². The molecule has 0 radical (unpaired) electrons. The van der Waals surface area contributed by atoms with Crippen molar-refractivity contribution in [3.63, 3.8) is 0 Å². The minimum atomic E-state index is -0.586. The molecule has 0 aromatic heterocycles. The van der Waals surface area contributed by atoms with E-state index in [0.717, 1.165) is 22.7 Å². The molecule has 14 rings (SSSR count). The molecule has 2 nitrogen and oxygen atoms in total. The SMILES string of the molecule is CC1(C)c2ccccc2-c2ccc(N(c3ccc(-c4cc(-c5ccccc5)cc(-c5ccccc5)c4)cc3)c3ccc4c(c3)C3(c5ccccc5-4)c4ccccc4N(c4ccccc4)c4ccccc43)cc21. The Kier molecular flexibility index (Phi) is 9.50. The third kappa shape index (κ3) is 6.28. The van der Waals surface area contributed by atoms with Crippen molar-refractivity contribution in [2.45, 2.75) is 24.7 Å². The van der Waals surface area contributed by atoms with Crippen molar-refractivity contribution in [1.29, 1.82) is 0 Å². The van der Waals surface area contributed by atoms with Gasteiger partial charge in [0.15, 0.2) is 0 Å². The minimum absolute atomic E-state index is 0.165. The second-order valence-electron chi connectivity index (χ2n) is 20.0. The second-order valence-corrected chi connectivity index (χ2v) is 20.0. The molecule has 0 atom stereocenters. The molecule has 0 saturated carbocycles. The number of para-hydroxylation sites is 3. The summed E-state index contributed by atoms with van der Waals surface area (Å²) in [6, 6.07) is 99.2. The number of hydrogen-bond donors (Lipinski definition) is 0. The standard InChI is InChI=1S/C70H50N2/c1-69(2)61-28-14-12-26-57(61)59-40-38-55(45-65(59)69)71(54-36-34-49(35-37-54)52-43-50(47-20-6-3-7-21-47)42-51(44-52)48-22-8-4-9-23-48)56-39-41-60-58-27-13-15-29-62(58)70(66(60)46-56)63-30-16-18-32-67(63)72(53-24-10-5-11-25-53)68-33-19-17-31-64(68)70/h3-46H,1-2H3. The summed E-state index contributed by atoms with van der Waals surface area (Å²) in [6.07, 6.45) is 0. The highest BCUT2D eigenvalue weighted by molar-refractivity contribution is 5.97. The topological polar surface area (TPSA) is 6.48 Å². The summed E-state index contributed by atoms with van der Waals surface area (Å²) < 4.78 is 0. The Bertz CT molecular complexity index is 3780. The van der Waals surface area contributed by atoms with Gasteiger partial charge in [0, 0.05) is 28.2 Å². The van der Waals surface area contributed by atoms with Gasteiger partial charge >= 0.3 is 0 Å². The number of anilines is 6. The first kappa shape index (κ1) is 41.9. The first-order chi connectivity index (χ1) is 35.5. The smallest absolute Gasteiger partial charge is 0.0755 e. The highest BCUT2D eigenvalue weighted by atomic mass is 15.2. The van der Waals surface area contributed by atoms with Gasteiger partial charge in [-0.1, -0.05) is 202 Å². The van der Waals surface area contributed by atoms with E-state index in [1.807, 2.05) is 0 Å². The molecule has 3 aliphatic rings. The highest BCUT2D eigenvalue weighted by Crippen LogP contribution is 2.64. The van der Waals surface area contributed by atoms with E-state index in [1.54, 1.807) is 0 Å². The molecule has 72 heavy (non-hydrogen) atoms. The fourth-order valence-electron chi connectivity index (χ4n) is 12.6. The molecule has 0 unspecified atom stereocenters. The van der Waals surface area contributed by atoms with Crippen molar-refractivity contribution < 1.29 is 0 Å². The van der Waals surface area contributed by atoms with Crippen molar-refractivity contribution >= 4 is 34.1 Å². The number of hydrogen-bond acceptors (Lipinski definition) is 2. The molecule has 340 valence electrons. The lowest BCUT2D eigenvalue weighted by atomic mass is 9.64. The van der Waals surface area contributed by atoms with E-state index in [4.69, 9.17) is 0 Å². The van der Waals surface area contributed by atoms with Crippen LogP contribution in [0.4, 0.5) is 34.1 Å². The maximum atomic E-state index is 2.51. The molecular formula is C70H50N2. The molecule has 11 aromatic rings. The zero-order chi connectivity index (χ0) is 48.0. The molecular weight excluding hydrogens is 869 g/mol. The number of fused-ring (bicyclic) bond motifs is 12. The molecule has 0 fully saturated rings. The fraction of sp³-hybridized carbons (Fsp3) is 0.0571. The predicted octanol–water partition coefficient (Wildman–Crippen LogP) is 18.6. The fourth-order valence-corrected chi connectivity index (χ4v) is 12.6. The predicted molar refractivity (Wildman–Crippen MR) is 301 cm³/mol. The average Bonchev–Trinajstić information content (AvgIpc) is 3.86. The molecule has 0 bridgehead atoms. The van der Waals surface area contributed by atoms with E-state index < -0.39 is 5.41 Å². The van der Waals surface area contributed by atoms with Crippen LogP contribution in [-0.4, -0.2) is 0 Å². The number of nitrogens with zero attached hydrogens (tertiary/aromatic N) is 2. The third-order valence-corrected chi connectivity index (χ3v) is 15.8. The normalized spacial score (nSPS) is 13.9. The van der Waals surface area contributed by atoms with Crippen LogP contribution in [-0.2, 0) is 10.8 Å². The van der Waals surface area contributed by atoms with E-state index in [1.165, 1.54) is 100 Å². The van der Waals surface area contributed by atoms with Crippen LogP contribution in [0.15, 0.2) is 267 Å². The summed E-state index contributed by atoms with van der Waals surface area (Å²) in [6.45, 7) is 4.75. The molecule has 1 spiro atoms. The zero-order valence-electron chi connectivity index (χ0n) is 40.3. The Morgan fingerprint density at radius 3 is 1.22 bits per heavy atom. The number of benzene rings is 11. The van der Waals surface area contributed by atoms with Crippen molar-refractivity contribution in [3.8, 4) is 55.6 Å². The lowest BCUT2D eigenvalue weighted by molar-refractivity contribution is 0.660. The van der Waals surface area contributed by atoms with Gasteiger partial charge < -0.3 is 9.80 Å². The number of rotatable bonds is 7. The zero-order valence-corrected chi connectivity index (χ0v) is 40.3. The van der Waals surface area contributed by atoms with E-state index in [2.05, 4.69) is 291 Å². The average molecular weight is 919 g/mol. The lowest BCUT2D eigenvalue weighted by Gasteiger charge is -2.45. The Balaban J connectivity index is 0.975. The van der Waals surface area contributed by atoms with Crippen molar-refractivity contribution in [2.75, 3.05) is 9.80 Å². The van der Waals surface area contributed by atoms with Crippen molar-refractivity contribution in [3.05, 3.63) is 300 Å². The highest BCUT2D eigenvalue weighted by Gasteiger charge is 2.52. The summed E-state index contributed by atoms with van der Waals surface area (Å²) in [7, 11) is 0. The first-order valence-corrected chi connectivity index (χ1v) is 25.2. The van der Waals surface area contributed by atoms with Gasteiger partial charge in [0.25, 0.3) is 0 Å². The summed E-state index contributed by atoms with van der Waals surface area (Å²) in [5, 5.41) is 0. The van der Waals surface area contributed by atoms with Crippen LogP contribution in [0.3, 0.4) is 0 Å². The van der Waals surface area contributed by atoms with Crippen LogP contribution in [0.25, 0.3) is 55.6 Å². The van der Waals surface area contributed by atoms with Gasteiger partial charge in [-0.3, -0.25) is 0 Å². The van der Waals surface area contributed by atoms with Crippen LogP contribution < -0.4 is 9.80 Å². The van der Waals surface area contributed by atoms with Gasteiger partial charge in [0.05, 0.1) is 16.8 Å². The molecule has 1 heterocycles. The Labute approximate surface area is 422 Å². The molecule has 2 aliphatic carbocycles. The van der Waals surface area contributed by atoms with Crippen LogP contribution >= 0.6 is 0 Å². The summed E-state index contributed by atoms with van der Waals surface area (Å²) in [5.74, 6) is 0. The quantitative estimate of drug-likeness (QED) is 0.157. The van der Waals surface area contributed by atoms with Crippen molar-refractivity contribution in [2.24, 2.45) is 0 Å². The van der Waals surface area contributed by atoms with Crippen LogP contribution in [0, 0.1) is 0 Å². The third-order valence-electron chi connectivity index (χ3n) is 15.8. The minimum Gasteiger partial charge on any atom is -0.310 e. The van der Waals surface area contributed by atoms with Gasteiger partial charge in [0.1, 0.15) is 0 Å². The Hall–Kier alpha value is -8.98. The van der Waals surface area contributed by atoms with E-state index in [-0.39, 0.29) is 5.41 Å².